The van der Waals surface area contributed by atoms with Gasteiger partial charge >= 0.3 is 5.97 Å². The summed E-state index contributed by atoms with van der Waals surface area (Å²) in [5, 5.41) is 3.99. The Morgan fingerprint density at radius 3 is 2.67 bits per heavy atom. The number of nitrogens with zero attached hydrogens (tertiary/aromatic N) is 6. The fourth-order valence-corrected chi connectivity index (χ4v) is 1.60. The molecule has 9 nitrogen and oxygen atoms in total. The summed E-state index contributed by atoms with van der Waals surface area (Å²) in [7, 11) is 5.31. The third-order valence-corrected chi connectivity index (χ3v) is 2.87. The van der Waals surface area contributed by atoms with Crippen molar-refractivity contribution in [2.45, 2.75) is 13.5 Å². The molecular formula is C12H17N7O2. The molecule has 0 saturated carbocycles. The van der Waals surface area contributed by atoms with E-state index in [0.29, 0.717) is 17.3 Å². The Morgan fingerprint density at radius 1 is 1.38 bits per heavy atom. The number of nitrogen functional groups attached to an aromatic ring is 1. The number of carbonyl (C=O) groups is 1. The van der Waals surface area contributed by atoms with Crippen LogP contribution in [0, 0.1) is 6.92 Å². The summed E-state index contributed by atoms with van der Waals surface area (Å²) in [4.78, 5) is 25.7. The molecule has 0 spiro atoms. The molecule has 0 aromatic carbocycles. The first-order valence-corrected chi connectivity index (χ1v) is 6.22. The number of nitrogens with two attached hydrogens (primary N) is 1. The molecule has 0 radical (unpaired) electrons. The lowest BCUT2D eigenvalue weighted by Gasteiger charge is -2.11. The predicted octanol–water partition coefficient (Wildman–Crippen LogP) is -0.0813. The Morgan fingerprint density at radius 2 is 2.10 bits per heavy atom. The number of carbonyl (C=O) groups excluding carboxylic acids is 1. The summed E-state index contributed by atoms with van der Waals surface area (Å²) in [6, 6.07) is 0. The van der Waals surface area contributed by atoms with Crippen molar-refractivity contribution in [1.29, 1.82) is 0 Å². The van der Waals surface area contributed by atoms with Crippen LogP contribution in [0.2, 0.25) is 0 Å². The highest BCUT2D eigenvalue weighted by molar-refractivity contribution is 5.90. The normalized spacial score (nSPS) is 10.5. The Labute approximate surface area is 121 Å². The maximum Gasteiger partial charge on any atom is 0.342 e. The minimum atomic E-state index is -0.481. The number of anilines is 2. The first-order chi connectivity index (χ1) is 9.88. The molecule has 9 heteroatoms. The van der Waals surface area contributed by atoms with Crippen LogP contribution in [0.3, 0.4) is 0 Å². The fourth-order valence-electron chi connectivity index (χ4n) is 1.60. The third kappa shape index (κ3) is 3.25. The van der Waals surface area contributed by atoms with Crippen molar-refractivity contribution >= 4 is 17.9 Å². The highest BCUT2D eigenvalue weighted by Crippen LogP contribution is 2.10. The molecule has 2 aromatic rings. The Bertz CT molecular complexity index is 666. The first-order valence-electron chi connectivity index (χ1n) is 6.22. The smallest absolute Gasteiger partial charge is 0.342 e. The SMILES string of the molecule is Cc1c(C(=O)OCc2nc(N)nc(N(C)C)n2)cnn1C. The van der Waals surface area contributed by atoms with E-state index in [9.17, 15) is 4.79 Å². The van der Waals surface area contributed by atoms with Crippen molar-refractivity contribution in [3.8, 4) is 0 Å². The Kier molecular flexibility index (Phi) is 4.01. The number of ether oxygens (including phenoxy) is 1. The van der Waals surface area contributed by atoms with Crippen molar-refractivity contribution in [2.75, 3.05) is 24.7 Å². The third-order valence-electron chi connectivity index (χ3n) is 2.87. The molecule has 0 unspecified atom stereocenters. The number of esters is 1. The number of aromatic nitrogens is 5. The largest absolute Gasteiger partial charge is 0.454 e. The minimum Gasteiger partial charge on any atom is -0.454 e. The highest BCUT2D eigenvalue weighted by Gasteiger charge is 2.15. The first kappa shape index (κ1) is 14.7. The average molecular weight is 291 g/mol. The topological polar surface area (TPSA) is 112 Å². The molecule has 112 valence electrons. The summed E-state index contributed by atoms with van der Waals surface area (Å²) >= 11 is 0. The lowest BCUT2D eigenvalue weighted by Crippen LogP contribution is -2.17. The van der Waals surface area contributed by atoms with E-state index in [0.717, 1.165) is 5.69 Å². The van der Waals surface area contributed by atoms with E-state index in [1.807, 2.05) is 0 Å². The average Bonchev–Trinajstić information content (AvgIpc) is 2.76. The van der Waals surface area contributed by atoms with Crippen LogP contribution in [-0.2, 0) is 18.4 Å². The number of hydrogen-bond acceptors (Lipinski definition) is 8. The van der Waals surface area contributed by atoms with Crippen LogP contribution >= 0.6 is 0 Å². The van der Waals surface area contributed by atoms with Crippen LogP contribution in [-0.4, -0.2) is 44.8 Å². The minimum absolute atomic E-state index is 0.0808. The van der Waals surface area contributed by atoms with E-state index < -0.39 is 5.97 Å². The van der Waals surface area contributed by atoms with Crippen LogP contribution in [0.15, 0.2) is 6.20 Å². The number of aryl methyl sites for hydroxylation is 1. The van der Waals surface area contributed by atoms with Gasteiger partial charge in [0.2, 0.25) is 11.9 Å². The van der Waals surface area contributed by atoms with Crippen molar-refractivity contribution < 1.29 is 9.53 Å². The van der Waals surface area contributed by atoms with Gasteiger partial charge in [0, 0.05) is 26.8 Å². The van der Waals surface area contributed by atoms with Gasteiger partial charge in [-0.25, -0.2) is 4.79 Å². The second-order valence-electron chi connectivity index (χ2n) is 4.65. The molecule has 0 fully saturated rings. The molecule has 2 N–H and O–H groups in total. The summed E-state index contributed by atoms with van der Waals surface area (Å²) in [5.74, 6) is 0.301. The zero-order valence-corrected chi connectivity index (χ0v) is 12.4. The van der Waals surface area contributed by atoms with Crippen molar-refractivity contribution in [2.24, 2.45) is 7.05 Å². The molecule has 0 atom stereocenters. The van der Waals surface area contributed by atoms with E-state index in [1.165, 1.54) is 6.20 Å². The molecule has 0 aliphatic rings. The molecule has 2 rings (SSSR count). The molecule has 0 saturated heterocycles. The molecule has 2 heterocycles. The maximum absolute atomic E-state index is 12.0. The fraction of sp³-hybridized carbons (Fsp3) is 0.417. The Hall–Kier alpha value is -2.71. The predicted molar refractivity (Wildman–Crippen MR) is 75.6 cm³/mol. The van der Waals surface area contributed by atoms with E-state index in [-0.39, 0.29) is 12.6 Å². The van der Waals surface area contributed by atoms with Crippen LogP contribution < -0.4 is 10.6 Å². The molecule has 21 heavy (non-hydrogen) atoms. The van der Waals surface area contributed by atoms with Crippen molar-refractivity contribution in [3.05, 3.63) is 23.3 Å². The molecule has 0 aliphatic carbocycles. The highest BCUT2D eigenvalue weighted by atomic mass is 16.5. The molecular weight excluding hydrogens is 274 g/mol. The van der Waals surface area contributed by atoms with Crippen LogP contribution in [0.25, 0.3) is 0 Å². The summed E-state index contributed by atoms with van der Waals surface area (Å²) in [6.45, 7) is 1.70. The van der Waals surface area contributed by atoms with Crippen LogP contribution in [0.4, 0.5) is 11.9 Å². The van der Waals surface area contributed by atoms with E-state index in [4.69, 9.17) is 10.5 Å². The lowest BCUT2D eigenvalue weighted by molar-refractivity contribution is 0.0461. The summed E-state index contributed by atoms with van der Waals surface area (Å²) in [5.41, 5.74) is 6.74. The molecule has 2 aromatic heterocycles. The quantitative estimate of drug-likeness (QED) is 0.778. The van der Waals surface area contributed by atoms with Gasteiger partial charge < -0.3 is 15.4 Å². The zero-order valence-electron chi connectivity index (χ0n) is 12.4. The van der Waals surface area contributed by atoms with Gasteiger partial charge in [-0.05, 0) is 6.92 Å². The molecule has 0 bridgehead atoms. The maximum atomic E-state index is 12.0. The van der Waals surface area contributed by atoms with Gasteiger partial charge in [-0.2, -0.15) is 20.1 Å². The van der Waals surface area contributed by atoms with Gasteiger partial charge in [0.15, 0.2) is 12.4 Å². The number of rotatable bonds is 4. The van der Waals surface area contributed by atoms with Crippen molar-refractivity contribution in [3.63, 3.8) is 0 Å². The van der Waals surface area contributed by atoms with Gasteiger partial charge in [-0.1, -0.05) is 0 Å². The van der Waals surface area contributed by atoms with Gasteiger partial charge in [0.05, 0.1) is 6.20 Å². The second-order valence-corrected chi connectivity index (χ2v) is 4.65. The number of hydrogen-bond donors (Lipinski definition) is 1. The van der Waals surface area contributed by atoms with Crippen LogP contribution in [0.1, 0.15) is 21.9 Å². The Balaban J connectivity index is 2.09. The van der Waals surface area contributed by atoms with E-state index in [2.05, 4.69) is 20.1 Å². The lowest BCUT2D eigenvalue weighted by atomic mass is 10.3. The monoisotopic (exact) mass is 291 g/mol. The van der Waals surface area contributed by atoms with Crippen molar-refractivity contribution in [1.82, 2.24) is 24.7 Å². The molecule has 0 amide bonds. The van der Waals surface area contributed by atoms with Crippen LogP contribution in [0.5, 0.6) is 0 Å². The second kappa shape index (κ2) is 5.73. The molecule has 0 aliphatic heterocycles. The zero-order chi connectivity index (χ0) is 15.6. The van der Waals surface area contributed by atoms with Gasteiger partial charge in [-0.3, -0.25) is 4.68 Å². The summed E-state index contributed by atoms with van der Waals surface area (Å²) < 4.78 is 6.78. The van der Waals surface area contributed by atoms with E-state index >= 15 is 0 Å². The van der Waals surface area contributed by atoms with E-state index in [1.54, 1.807) is 37.6 Å². The van der Waals surface area contributed by atoms with Gasteiger partial charge in [0.25, 0.3) is 0 Å². The van der Waals surface area contributed by atoms with Gasteiger partial charge in [-0.15, -0.1) is 0 Å². The van der Waals surface area contributed by atoms with Gasteiger partial charge in [0.1, 0.15) is 5.56 Å². The summed E-state index contributed by atoms with van der Waals surface area (Å²) in [6.07, 6.45) is 1.46. The standard InChI is InChI=1S/C12H17N7O2/c1-7-8(5-14-19(7)4)10(20)21-6-9-15-11(13)17-12(16-9)18(2)3/h5H,6H2,1-4H3,(H2,13,15,16,17).